The summed E-state index contributed by atoms with van der Waals surface area (Å²) in [6.45, 7) is 2.10. The topological polar surface area (TPSA) is 52.1 Å². The molecule has 0 saturated heterocycles. The molecule has 0 radical (unpaired) electrons. The lowest BCUT2D eigenvalue weighted by Crippen LogP contribution is -2.11. The summed E-state index contributed by atoms with van der Waals surface area (Å²) in [5, 5.41) is 0. The van der Waals surface area contributed by atoms with Crippen LogP contribution in [0.3, 0.4) is 0 Å². The first-order chi connectivity index (χ1) is 13.7. The van der Waals surface area contributed by atoms with E-state index in [4.69, 9.17) is 4.74 Å². The largest absolute Gasteiger partial charge is 0.485 e. The van der Waals surface area contributed by atoms with Crippen LogP contribution >= 0.6 is 0 Å². The summed E-state index contributed by atoms with van der Waals surface area (Å²) in [6.07, 6.45) is 2.72. The highest BCUT2D eigenvalue weighted by molar-refractivity contribution is 5.97. The Balaban J connectivity index is 1.43. The van der Waals surface area contributed by atoms with Crippen molar-refractivity contribution in [2.45, 2.75) is 13.3 Å². The SMILES string of the molecule is CCc1ccc(C(=O)COc2ccc(-c3cnc4ccccc4n3)cc2)cc1. The molecule has 0 unspecified atom stereocenters. The van der Waals surface area contributed by atoms with Crippen molar-refractivity contribution in [3.63, 3.8) is 0 Å². The van der Waals surface area contributed by atoms with Gasteiger partial charge in [-0.05, 0) is 48.4 Å². The molecule has 0 amide bonds. The number of benzene rings is 3. The second-order valence-electron chi connectivity index (χ2n) is 6.53. The van der Waals surface area contributed by atoms with Gasteiger partial charge in [-0.3, -0.25) is 9.78 Å². The monoisotopic (exact) mass is 368 g/mol. The molecular weight excluding hydrogens is 348 g/mol. The molecule has 0 atom stereocenters. The van der Waals surface area contributed by atoms with Crippen LogP contribution in [-0.4, -0.2) is 22.4 Å². The summed E-state index contributed by atoms with van der Waals surface area (Å²) in [4.78, 5) is 21.4. The van der Waals surface area contributed by atoms with Gasteiger partial charge in [0.2, 0.25) is 0 Å². The van der Waals surface area contributed by atoms with E-state index in [-0.39, 0.29) is 12.4 Å². The van der Waals surface area contributed by atoms with E-state index in [0.717, 1.165) is 28.7 Å². The maximum absolute atomic E-state index is 12.3. The Hall–Kier alpha value is -3.53. The number of nitrogens with zero attached hydrogens (tertiary/aromatic N) is 2. The first kappa shape index (κ1) is 17.9. The number of hydrogen-bond acceptors (Lipinski definition) is 4. The van der Waals surface area contributed by atoms with E-state index in [1.807, 2.05) is 72.8 Å². The van der Waals surface area contributed by atoms with Crippen molar-refractivity contribution in [3.8, 4) is 17.0 Å². The molecule has 4 heteroatoms. The second-order valence-corrected chi connectivity index (χ2v) is 6.53. The Morgan fingerprint density at radius 2 is 1.61 bits per heavy atom. The van der Waals surface area contributed by atoms with E-state index in [2.05, 4.69) is 16.9 Å². The predicted octanol–water partition coefficient (Wildman–Crippen LogP) is 5.12. The Kier molecular flexibility index (Phi) is 5.11. The van der Waals surface area contributed by atoms with Crippen LogP contribution in [0.2, 0.25) is 0 Å². The molecule has 4 aromatic rings. The quantitative estimate of drug-likeness (QED) is 0.443. The molecule has 0 aliphatic heterocycles. The van der Waals surface area contributed by atoms with Gasteiger partial charge in [-0.2, -0.15) is 0 Å². The molecule has 0 fully saturated rings. The lowest BCUT2D eigenvalue weighted by atomic mass is 10.1. The normalized spacial score (nSPS) is 10.8. The fraction of sp³-hybridized carbons (Fsp3) is 0.125. The van der Waals surface area contributed by atoms with Crippen molar-refractivity contribution >= 4 is 16.8 Å². The minimum Gasteiger partial charge on any atom is -0.485 e. The number of carbonyl (C=O) groups is 1. The zero-order chi connectivity index (χ0) is 19.3. The molecule has 138 valence electrons. The fourth-order valence-electron chi connectivity index (χ4n) is 2.98. The lowest BCUT2D eigenvalue weighted by molar-refractivity contribution is 0.0921. The van der Waals surface area contributed by atoms with E-state index >= 15 is 0 Å². The molecule has 0 N–H and O–H groups in total. The van der Waals surface area contributed by atoms with Crippen molar-refractivity contribution in [3.05, 3.63) is 90.1 Å². The van der Waals surface area contributed by atoms with Gasteiger partial charge in [0.05, 0.1) is 22.9 Å². The Labute approximate surface area is 163 Å². The Bertz CT molecular complexity index is 1100. The zero-order valence-corrected chi connectivity index (χ0v) is 15.6. The van der Waals surface area contributed by atoms with Crippen molar-refractivity contribution in [2.24, 2.45) is 0 Å². The third kappa shape index (κ3) is 3.91. The van der Waals surface area contributed by atoms with Crippen LogP contribution in [0.1, 0.15) is 22.8 Å². The molecule has 28 heavy (non-hydrogen) atoms. The minimum atomic E-state index is -0.0351. The maximum Gasteiger partial charge on any atom is 0.200 e. The number of rotatable bonds is 6. The summed E-state index contributed by atoms with van der Waals surface area (Å²) < 4.78 is 5.65. The first-order valence-corrected chi connectivity index (χ1v) is 9.30. The van der Waals surface area contributed by atoms with Gasteiger partial charge in [0, 0.05) is 11.1 Å². The number of para-hydroxylation sites is 2. The summed E-state index contributed by atoms with van der Waals surface area (Å²) in [6, 6.07) is 23.0. The fourth-order valence-corrected chi connectivity index (χ4v) is 2.98. The number of aromatic nitrogens is 2. The second kappa shape index (κ2) is 8.01. The predicted molar refractivity (Wildman–Crippen MR) is 111 cm³/mol. The van der Waals surface area contributed by atoms with Crippen molar-refractivity contribution in [2.75, 3.05) is 6.61 Å². The smallest absolute Gasteiger partial charge is 0.200 e. The number of hydrogen-bond donors (Lipinski definition) is 0. The number of aryl methyl sites for hydroxylation is 1. The molecule has 4 rings (SSSR count). The molecular formula is C24H20N2O2. The van der Waals surface area contributed by atoms with Gasteiger partial charge >= 0.3 is 0 Å². The van der Waals surface area contributed by atoms with Crippen molar-refractivity contribution < 1.29 is 9.53 Å². The van der Waals surface area contributed by atoms with Gasteiger partial charge in [0.15, 0.2) is 12.4 Å². The third-order valence-corrected chi connectivity index (χ3v) is 4.65. The summed E-state index contributed by atoms with van der Waals surface area (Å²) in [7, 11) is 0. The van der Waals surface area contributed by atoms with Gasteiger partial charge < -0.3 is 4.74 Å². The highest BCUT2D eigenvalue weighted by Gasteiger charge is 2.08. The third-order valence-electron chi connectivity index (χ3n) is 4.65. The van der Waals surface area contributed by atoms with Gasteiger partial charge in [-0.15, -0.1) is 0 Å². The molecule has 0 aliphatic carbocycles. The van der Waals surface area contributed by atoms with Gasteiger partial charge in [0.1, 0.15) is 5.75 Å². The van der Waals surface area contributed by atoms with E-state index in [0.29, 0.717) is 11.3 Å². The number of ketones is 1. The Morgan fingerprint density at radius 1 is 0.893 bits per heavy atom. The van der Waals surface area contributed by atoms with Crippen LogP contribution in [0.15, 0.2) is 79.0 Å². The van der Waals surface area contributed by atoms with E-state index < -0.39 is 0 Å². The number of Topliss-reactive ketones (excluding diaryl/α,β-unsaturated/α-hetero) is 1. The number of fused-ring (bicyclic) bond motifs is 1. The molecule has 0 bridgehead atoms. The van der Waals surface area contributed by atoms with Crippen LogP contribution < -0.4 is 4.74 Å². The standard InChI is InChI=1S/C24H20N2O2/c1-2-17-7-9-19(10-8-17)24(27)16-28-20-13-11-18(12-14-20)23-15-25-21-5-3-4-6-22(21)26-23/h3-15H,2,16H2,1H3. The van der Waals surface area contributed by atoms with Gasteiger partial charge in [-0.25, -0.2) is 4.98 Å². The zero-order valence-electron chi connectivity index (χ0n) is 15.6. The molecule has 4 nitrogen and oxygen atoms in total. The number of ether oxygens (including phenoxy) is 1. The molecule has 1 aromatic heterocycles. The van der Waals surface area contributed by atoms with Gasteiger partial charge in [-0.1, -0.05) is 43.3 Å². The van der Waals surface area contributed by atoms with Gasteiger partial charge in [0.25, 0.3) is 0 Å². The average Bonchev–Trinajstić information content (AvgIpc) is 2.77. The van der Waals surface area contributed by atoms with E-state index in [9.17, 15) is 4.79 Å². The minimum absolute atomic E-state index is 0.0145. The summed E-state index contributed by atoms with van der Waals surface area (Å²) in [5.74, 6) is 0.614. The summed E-state index contributed by atoms with van der Waals surface area (Å²) >= 11 is 0. The van der Waals surface area contributed by atoms with Crippen LogP contribution in [-0.2, 0) is 6.42 Å². The van der Waals surface area contributed by atoms with Crippen LogP contribution in [0.5, 0.6) is 5.75 Å². The molecule has 1 heterocycles. The maximum atomic E-state index is 12.3. The van der Waals surface area contributed by atoms with E-state index in [1.165, 1.54) is 5.56 Å². The first-order valence-electron chi connectivity index (χ1n) is 9.30. The molecule has 0 aliphatic rings. The van der Waals surface area contributed by atoms with Crippen molar-refractivity contribution in [1.82, 2.24) is 9.97 Å². The van der Waals surface area contributed by atoms with Crippen LogP contribution in [0.4, 0.5) is 0 Å². The molecule has 0 spiro atoms. The van der Waals surface area contributed by atoms with Crippen molar-refractivity contribution in [1.29, 1.82) is 0 Å². The van der Waals surface area contributed by atoms with Crippen LogP contribution in [0.25, 0.3) is 22.3 Å². The molecule has 3 aromatic carbocycles. The van der Waals surface area contributed by atoms with E-state index in [1.54, 1.807) is 6.20 Å². The lowest BCUT2D eigenvalue weighted by Gasteiger charge is -2.07. The Morgan fingerprint density at radius 3 is 2.32 bits per heavy atom. The number of carbonyl (C=O) groups excluding carboxylic acids is 1. The van der Waals surface area contributed by atoms with Crippen LogP contribution in [0, 0.1) is 0 Å². The molecule has 0 saturated carbocycles. The highest BCUT2D eigenvalue weighted by atomic mass is 16.5. The highest BCUT2D eigenvalue weighted by Crippen LogP contribution is 2.22. The average molecular weight is 368 g/mol. The summed E-state index contributed by atoms with van der Waals surface area (Å²) in [5.41, 5.74) is 5.37.